The second-order valence-corrected chi connectivity index (χ2v) is 7.19. The van der Waals surface area contributed by atoms with E-state index in [1.54, 1.807) is 0 Å². The van der Waals surface area contributed by atoms with Crippen molar-refractivity contribution in [2.75, 3.05) is 13.1 Å². The van der Waals surface area contributed by atoms with Gasteiger partial charge in [-0.15, -0.1) is 0 Å². The molecule has 1 aliphatic heterocycles. The van der Waals surface area contributed by atoms with E-state index >= 15 is 0 Å². The van der Waals surface area contributed by atoms with Crippen molar-refractivity contribution in [3.05, 3.63) is 71.8 Å². The van der Waals surface area contributed by atoms with E-state index in [0.717, 1.165) is 23.3 Å². The van der Waals surface area contributed by atoms with Gasteiger partial charge < -0.3 is 0 Å². The van der Waals surface area contributed by atoms with Crippen molar-refractivity contribution < 1.29 is 17.2 Å². The summed E-state index contributed by atoms with van der Waals surface area (Å²) < 4.78 is 52.9. The predicted octanol–water partition coefficient (Wildman–Crippen LogP) is 3.44. The Morgan fingerprint density at radius 1 is 1.00 bits per heavy atom. The van der Waals surface area contributed by atoms with E-state index in [0.29, 0.717) is 12.5 Å². The van der Waals surface area contributed by atoms with Crippen LogP contribution >= 0.6 is 0 Å². The lowest BCUT2D eigenvalue weighted by Gasteiger charge is -2.26. The average Bonchev–Trinajstić information content (AvgIpc) is 2.55. The van der Waals surface area contributed by atoms with Gasteiger partial charge in [0.25, 0.3) is 0 Å². The van der Waals surface area contributed by atoms with E-state index in [9.17, 15) is 17.2 Å². The van der Waals surface area contributed by atoms with E-state index in [2.05, 4.69) is 0 Å². The highest BCUT2D eigenvalue weighted by atomic mass is 32.2. The van der Waals surface area contributed by atoms with Gasteiger partial charge in [-0.2, -0.15) is 4.31 Å². The van der Waals surface area contributed by atoms with Gasteiger partial charge in [-0.1, -0.05) is 36.4 Å². The minimum atomic E-state index is -3.97. The predicted molar refractivity (Wildman–Crippen MR) is 84.2 cm³/mol. The molecular formula is C17H15F2NO2S. The van der Waals surface area contributed by atoms with E-state index in [1.807, 2.05) is 36.4 Å². The van der Waals surface area contributed by atoms with Crippen LogP contribution in [0.3, 0.4) is 0 Å². The number of nitrogens with zero attached hydrogens (tertiary/aromatic N) is 1. The van der Waals surface area contributed by atoms with Crippen molar-refractivity contribution in [3.8, 4) is 0 Å². The lowest BCUT2D eigenvalue weighted by atomic mass is 10.0. The van der Waals surface area contributed by atoms with Crippen molar-refractivity contribution in [1.29, 1.82) is 0 Å². The number of sulfonamides is 1. The molecule has 0 amide bonds. The molecule has 120 valence electrons. The quantitative estimate of drug-likeness (QED) is 0.862. The van der Waals surface area contributed by atoms with Gasteiger partial charge in [0, 0.05) is 19.2 Å². The molecule has 0 unspecified atom stereocenters. The maximum atomic E-state index is 13.8. The maximum Gasteiger partial charge on any atom is 0.246 e. The van der Waals surface area contributed by atoms with Crippen LogP contribution in [0.1, 0.15) is 12.0 Å². The highest BCUT2D eigenvalue weighted by molar-refractivity contribution is 7.89. The molecule has 1 heterocycles. The molecule has 0 fully saturated rings. The summed E-state index contributed by atoms with van der Waals surface area (Å²) in [5, 5.41) is 0. The first-order chi connectivity index (χ1) is 11.0. The number of hydrogen-bond acceptors (Lipinski definition) is 2. The molecular weight excluding hydrogens is 320 g/mol. The first kappa shape index (κ1) is 15.8. The summed E-state index contributed by atoms with van der Waals surface area (Å²) in [6.45, 7) is 0.434. The Labute approximate surface area is 133 Å². The summed E-state index contributed by atoms with van der Waals surface area (Å²) in [6, 6.07) is 12.2. The second kappa shape index (κ2) is 6.22. The SMILES string of the molecule is O=S(=O)(c1ccc(F)cc1F)N1CC=C(c2ccccc2)CC1. The van der Waals surface area contributed by atoms with Gasteiger partial charge in [0.2, 0.25) is 10.0 Å². The van der Waals surface area contributed by atoms with Gasteiger partial charge >= 0.3 is 0 Å². The zero-order valence-corrected chi connectivity index (χ0v) is 13.1. The highest BCUT2D eigenvalue weighted by Gasteiger charge is 2.29. The smallest absolute Gasteiger partial charge is 0.207 e. The molecule has 2 aromatic rings. The molecule has 0 saturated heterocycles. The Kier molecular flexibility index (Phi) is 4.28. The monoisotopic (exact) mass is 335 g/mol. The summed E-state index contributed by atoms with van der Waals surface area (Å²) in [5.74, 6) is -1.87. The van der Waals surface area contributed by atoms with Gasteiger partial charge in [-0.3, -0.25) is 0 Å². The maximum absolute atomic E-state index is 13.8. The van der Waals surface area contributed by atoms with Crippen molar-refractivity contribution in [2.45, 2.75) is 11.3 Å². The van der Waals surface area contributed by atoms with Crippen molar-refractivity contribution in [2.24, 2.45) is 0 Å². The van der Waals surface area contributed by atoms with Crippen LogP contribution in [0.15, 0.2) is 59.5 Å². The largest absolute Gasteiger partial charge is 0.246 e. The minimum Gasteiger partial charge on any atom is -0.207 e. The molecule has 1 aliphatic rings. The molecule has 0 aromatic heterocycles. The lowest BCUT2D eigenvalue weighted by molar-refractivity contribution is 0.435. The molecule has 0 atom stereocenters. The van der Waals surface area contributed by atoms with Crippen LogP contribution in [0.4, 0.5) is 8.78 Å². The van der Waals surface area contributed by atoms with Crippen molar-refractivity contribution in [3.63, 3.8) is 0 Å². The highest BCUT2D eigenvalue weighted by Crippen LogP contribution is 2.27. The first-order valence-corrected chi connectivity index (χ1v) is 8.62. The van der Waals surface area contributed by atoms with Gasteiger partial charge in [0.15, 0.2) is 0 Å². The fraction of sp³-hybridized carbons (Fsp3) is 0.176. The fourth-order valence-corrected chi connectivity index (χ4v) is 4.03. The van der Waals surface area contributed by atoms with Gasteiger partial charge in [-0.25, -0.2) is 17.2 Å². The molecule has 0 saturated carbocycles. The molecule has 6 heteroatoms. The van der Waals surface area contributed by atoms with Crippen molar-refractivity contribution in [1.82, 2.24) is 4.31 Å². The third-order valence-electron chi connectivity index (χ3n) is 3.83. The third kappa shape index (κ3) is 3.18. The minimum absolute atomic E-state index is 0.170. The molecule has 0 radical (unpaired) electrons. The van der Waals surface area contributed by atoms with E-state index in [-0.39, 0.29) is 13.1 Å². The van der Waals surface area contributed by atoms with Crippen LogP contribution in [0.25, 0.3) is 5.57 Å². The Morgan fingerprint density at radius 2 is 1.74 bits per heavy atom. The van der Waals surface area contributed by atoms with Gasteiger partial charge in [0.05, 0.1) is 0 Å². The summed E-state index contributed by atoms with van der Waals surface area (Å²) in [7, 11) is -3.97. The van der Waals surface area contributed by atoms with Crippen molar-refractivity contribution >= 4 is 15.6 Å². The molecule has 3 rings (SSSR count). The molecule has 0 bridgehead atoms. The fourth-order valence-electron chi connectivity index (χ4n) is 2.61. The second-order valence-electron chi connectivity index (χ2n) is 5.28. The van der Waals surface area contributed by atoms with Crippen LogP contribution in [0.2, 0.25) is 0 Å². The van der Waals surface area contributed by atoms with Crippen LogP contribution < -0.4 is 0 Å². The Bertz CT molecular complexity index is 848. The Hall–Kier alpha value is -2.05. The molecule has 23 heavy (non-hydrogen) atoms. The average molecular weight is 335 g/mol. The molecule has 2 aromatic carbocycles. The number of halogens is 2. The summed E-state index contributed by atoms with van der Waals surface area (Å²) in [4.78, 5) is -0.490. The number of rotatable bonds is 3. The summed E-state index contributed by atoms with van der Waals surface area (Å²) >= 11 is 0. The zero-order chi connectivity index (χ0) is 16.4. The van der Waals surface area contributed by atoms with Crippen LogP contribution in [-0.2, 0) is 10.0 Å². The van der Waals surface area contributed by atoms with E-state index < -0.39 is 26.6 Å². The molecule has 0 N–H and O–H groups in total. The molecule has 3 nitrogen and oxygen atoms in total. The zero-order valence-electron chi connectivity index (χ0n) is 12.2. The third-order valence-corrected chi connectivity index (χ3v) is 5.73. The van der Waals surface area contributed by atoms with Crippen LogP contribution in [0.5, 0.6) is 0 Å². The molecule has 0 aliphatic carbocycles. The normalized spacial score (nSPS) is 16.2. The first-order valence-electron chi connectivity index (χ1n) is 7.18. The van der Waals surface area contributed by atoms with Crippen LogP contribution in [0, 0.1) is 11.6 Å². The summed E-state index contributed by atoms with van der Waals surface area (Å²) in [5.41, 5.74) is 2.12. The standard InChI is InChI=1S/C17H15F2NO2S/c18-15-6-7-17(16(19)12-15)23(21,22)20-10-8-14(9-11-20)13-4-2-1-3-5-13/h1-8,12H,9-11H2. The van der Waals surface area contributed by atoms with Gasteiger partial charge in [-0.05, 0) is 29.7 Å². The van der Waals surface area contributed by atoms with E-state index in [4.69, 9.17) is 0 Å². The van der Waals surface area contributed by atoms with Crippen LogP contribution in [-0.4, -0.2) is 25.8 Å². The lowest BCUT2D eigenvalue weighted by Crippen LogP contribution is -2.35. The van der Waals surface area contributed by atoms with Gasteiger partial charge in [0.1, 0.15) is 16.5 Å². The molecule has 0 spiro atoms. The topological polar surface area (TPSA) is 37.4 Å². The summed E-state index contributed by atoms with van der Waals surface area (Å²) in [6.07, 6.45) is 2.38. The van der Waals surface area contributed by atoms with E-state index in [1.165, 1.54) is 4.31 Å². The Balaban J connectivity index is 1.85. The Morgan fingerprint density at radius 3 is 2.35 bits per heavy atom. The number of benzene rings is 2. The number of hydrogen-bond donors (Lipinski definition) is 0.